The zero-order valence-corrected chi connectivity index (χ0v) is 65.1. The van der Waals surface area contributed by atoms with E-state index in [1.165, 1.54) is 59.9 Å². The maximum atomic E-state index is 13.9. The number of aliphatic hydroxyl groups excluding tert-OH is 4. The van der Waals surface area contributed by atoms with Crippen LogP contribution < -0.4 is 38.0 Å². The number of nitrogens with one attached hydrogen (secondary N) is 2. The smallest absolute Gasteiger partial charge is 0.535 e. The summed E-state index contributed by atoms with van der Waals surface area (Å²) in [5.74, 6) is -6.54. The van der Waals surface area contributed by atoms with Crippen LogP contribution in [0.4, 0.5) is 9.59 Å². The minimum Gasteiger partial charge on any atom is -1.00 e. The first-order valence-electron chi connectivity index (χ1n) is 35.3. The number of halogens is 1. The van der Waals surface area contributed by atoms with Gasteiger partial charge in [0, 0.05) is 124 Å². The van der Waals surface area contributed by atoms with Gasteiger partial charge < -0.3 is 108 Å². The summed E-state index contributed by atoms with van der Waals surface area (Å²) >= 11 is 0. The number of aromatic nitrogens is 5. The Labute approximate surface area is 670 Å². The average Bonchev–Trinajstić information content (AvgIpc) is 0.756. The van der Waals surface area contributed by atoms with Gasteiger partial charge in [0.1, 0.15) is 88.5 Å². The van der Waals surface area contributed by atoms with E-state index in [1.807, 2.05) is 48.7 Å². The maximum Gasteiger partial charge on any atom is 0.535 e. The maximum absolute atomic E-state index is 13.9. The molecule has 8 aromatic rings. The Balaban J connectivity index is 0.000000180. The quantitative estimate of drug-likeness (QED) is 0.0161. The standard InChI is InChI=1S/C35H36N2O13S2.C27H29NO10.C14H12N4O3S2.ClH/c1-16-29(40)19(37-34(45)48-10-11-51-52-23-8-3-4-9-36-23)12-24(49-16)50-21-14-35(46,22(39)15-38)13-18-26(21)33(44)28-27(31(18)42)30(41)17-6-5-7-20(47-2)25(17)32(28)43;1-10-4-3-5-12-18(10)25(34)21-20(23(12)32)24(33)13-7-27(36,16(30)9-29)8-15(19(13)26(21)35)38-17-6-14(28)22(31)11(2)37-17;19-14(20-9-10-22-23-13-7-3-4-8-15-13)21-18-12-6-2-1-5-11(12)16-17-18;/h3-9,16,19,21,24,29,38,40,42,44,46H,10-15H2,1-2H3,(H,37,45);3-5,11,14-15,17,22,29,31,33,35-36H,6-9,28H2,1-2H3;1-8H,9-10H2;1H/t16?,19?,21-,24?,29?,35-;11?,14?,15-,17?,22?,27-;;/m00../s1. The third kappa shape index (κ3) is 17.7. The Hall–Kier alpha value is -9.39. The monoisotopic (exact) mass is 1670 g/mol. The fourth-order valence-electron chi connectivity index (χ4n) is 14.2. The number of hydrogen-bond donors (Lipinski definition) is 12. The summed E-state index contributed by atoms with van der Waals surface area (Å²) in [6.45, 7) is 3.00. The Kier molecular flexibility index (Phi) is 27.5. The second kappa shape index (κ2) is 36.6. The highest BCUT2D eigenvalue weighted by Gasteiger charge is 2.53. The van der Waals surface area contributed by atoms with E-state index < -0.39 is 204 Å². The molecule has 6 aliphatic rings. The van der Waals surface area contributed by atoms with Gasteiger partial charge in [0.15, 0.2) is 47.7 Å². The number of fused-ring (bicyclic) bond motifs is 7. The van der Waals surface area contributed by atoms with Crippen molar-refractivity contribution in [3.05, 3.63) is 182 Å². The molecule has 2 aliphatic heterocycles. The van der Waals surface area contributed by atoms with Crippen LogP contribution in [0.25, 0.3) is 11.0 Å². The highest BCUT2D eigenvalue weighted by molar-refractivity contribution is 8.77. The number of nitrogens with zero attached hydrogens (tertiary/aromatic N) is 4. The largest absolute Gasteiger partial charge is 1.00 e. The van der Waals surface area contributed by atoms with Crippen LogP contribution in [-0.4, -0.2) is 223 Å². The number of Topliss-reactive ketones (excluding diaryl/α,β-unsaturated/α-hetero) is 2. The predicted octanol–water partition coefficient (Wildman–Crippen LogP) is 2.16. The van der Waals surface area contributed by atoms with Gasteiger partial charge in [-0.2, -0.15) is 0 Å². The van der Waals surface area contributed by atoms with Gasteiger partial charge in [0.25, 0.3) is 0 Å². The molecule has 8 unspecified atom stereocenters. The van der Waals surface area contributed by atoms with Gasteiger partial charge in [-0.25, -0.2) is 19.6 Å². The van der Waals surface area contributed by atoms with Crippen LogP contribution in [0.3, 0.4) is 0 Å². The topological polar surface area (TPSA) is 508 Å². The van der Waals surface area contributed by atoms with E-state index in [1.54, 1.807) is 72.0 Å². The molecule has 38 heteroatoms. The van der Waals surface area contributed by atoms with E-state index >= 15 is 0 Å². The summed E-state index contributed by atoms with van der Waals surface area (Å²) in [4.78, 5) is 118. The first kappa shape index (κ1) is 85.5. The van der Waals surface area contributed by atoms with Crippen molar-refractivity contribution in [3.63, 3.8) is 0 Å². The zero-order valence-electron chi connectivity index (χ0n) is 61.0. The van der Waals surface area contributed by atoms with Crippen molar-refractivity contribution in [1.29, 1.82) is 0 Å². The number of aromatic hydroxyl groups is 4. The number of carbonyl (C=O) groups excluding carboxylic acids is 8. The molecule has 3 aromatic heterocycles. The number of ether oxygens (including phenoxy) is 7. The van der Waals surface area contributed by atoms with Crippen LogP contribution in [0.15, 0.2) is 120 Å². The van der Waals surface area contributed by atoms with Crippen LogP contribution in [-0.2, 0) is 50.9 Å². The number of aryl methyl sites for hydroxylation is 1. The van der Waals surface area contributed by atoms with Crippen molar-refractivity contribution in [2.24, 2.45) is 5.73 Å². The molecule has 12 atom stereocenters. The number of aromatic amines is 1. The molecule has 1 amide bonds. The number of phenolic OH excluding ortho intramolecular Hbond substituents is 4. The Morgan fingerprint density at radius 1 is 0.649 bits per heavy atom. The van der Waals surface area contributed by atoms with Crippen molar-refractivity contribution < 1.29 is 145 Å². The minimum atomic E-state index is -2.33. The SMILES string of the molecule is COc1cccc2c1C(=O)c1c(O)c3c(c(O)c1C2=O)C[C@@](O)(C(=O)CO)C[C@@H]3OC1CC(NC(=O)OCCSSc2ccccn2)C(O)C(C)O1.Cc1cccc2c1C(=O)c1c(O)c3c(c(O)c1C2=O)C[C@@](O)(C(=O)CO)C[C@@H]3OC1CC(N)C(O)C(C)O1.O=C(OCCSSc1cccc[nH+]1)On1nnc2ccccc21.[Cl-]. The molecule has 2 fully saturated rings. The lowest BCUT2D eigenvalue weighted by Gasteiger charge is -2.42. The molecule has 14 N–H and O–H groups in total. The number of rotatable bonds is 21. The van der Waals surface area contributed by atoms with E-state index in [9.17, 15) is 89.4 Å². The fourth-order valence-corrected chi connectivity index (χ4v) is 17.7. The average molecular weight is 1670 g/mol. The second-order valence-electron chi connectivity index (χ2n) is 27.0. The van der Waals surface area contributed by atoms with Crippen LogP contribution in [0.5, 0.6) is 28.7 Å². The number of hydrogen-bond acceptors (Lipinski definition) is 34. The van der Waals surface area contributed by atoms with Crippen LogP contribution in [0.1, 0.15) is 143 Å². The van der Waals surface area contributed by atoms with Crippen molar-refractivity contribution in [1.82, 2.24) is 25.5 Å². The molecule has 5 heterocycles. The van der Waals surface area contributed by atoms with E-state index in [2.05, 4.69) is 25.6 Å². The summed E-state index contributed by atoms with van der Waals surface area (Å²) in [5, 5.41) is 121. The lowest BCUT2D eigenvalue weighted by molar-refractivity contribution is -0.426. The number of alkyl carbamates (subject to hydrolysis) is 1. The van der Waals surface area contributed by atoms with Crippen LogP contribution in [0, 0.1) is 6.92 Å². The van der Waals surface area contributed by atoms with Crippen molar-refractivity contribution in [3.8, 4) is 28.7 Å². The summed E-state index contributed by atoms with van der Waals surface area (Å²) in [6.07, 6.45) is -9.23. The van der Waals surface area contributed by atoms with Crippen LogP contribution in [0.2, 0.25) is 0 Å². The number of phenols is 4. The number of H-pyrrole nitrogens is 1. The van der Waals surface area contributed by atoms with Gasteiger partial charge >= 0.3 is 12.2 Å². The van der Waals surface area contributed by atoms with Gasteiger partial charge in [-0.3, -0.25) is 33.6 Å². The first-order chi connectivity index (χ1) is 54.1. The third-order valence-electron chi connectivity index (χ3n) is 19.8. The molecule has 0 bridgehead atoms. The van der Waals surface area contributed by atoms with Gasteiger partial charge in [-0.05, 0) is 78.7 Å². The molecule has 114 heavy (non-hydrogen) atoms. The van der Waals surface area contributed by atoms with E-state index in [4.69, 9.17) is 43.7 Å². The molecule has 0 saturated carbocycles. The number of aliphatic hydroxyl groups is 6. The van der Waals surface area contributed by atoms with E-state index in [0.29, 0.717) is 28.1 Å². The molecule has 604 valence electrons. The molecule has 33 nitrogen and oxygen atoms in total. The number of ketones is 6. The number of carbonyl (C=O) groups is 8. The van der Waals surface area contributed by atoms with Crippen molar-refractivity contribution >= 4 is 101 Å². The Bertz CT molecular complexity index is 4980. The summed E-state index contributed by atoms with van der Waals surface area (Å²) in [6, 6.07) is 25.9. The van der Waals surface area contributed by atoms with Gasteiger partial charge in [0.05, 0.1) is 71.5 Å². The minimum absolute atomic E-state index is 0. The molecule has 2 saturated heterocycles. The highest BCUT2D eigenvalue weighted by Crippen LogP contribution is 2.55. The lowest BCUT2D eigenvalue weighted by Crippen LogP contribution is -3.00. The summed E-state index contributed by atoms with van der Waals surface area (Å²) in [7, 11) is 7.33. The molecular weight excluding hydrogens is 1590 g/mol. The molecule has 4 aliphatic carbocycles. The molecule has 0 radical (unpaired) electrons. The van der Waals surface area contributed by atoms with Crippen LogP contribution >= 0.6 is 43.2 Å². The van der Waals surface area contributed by atoms with Gasteiger partial charge in [-0.15, -0.1) is 5.10 Å². The van der Waals surface area contributed by atoms with Gasteiger partial charge in [-0.1, -0.05) is 75.0 Å². The molecular formula is C76H78ClN7O26S4. The Morgan fingerprint density at radius 3 is 1.77 bits per heavy atom. The van der Waals surface area contributed by atoms with E-state index in [-0.39, 0.29) is 88.7 Å². The van der Waals surface area contributed by atoms with Crippen molar-refractivity contribution in [2.75, 3.05) is 45.0 Å². The number of methoxy groups -OCH3 is 1. The molecule has 0 spiro atoms. The fraction of sp³-hybridized carbons (Fsp3) is 0.368. The lowest BCUT2D eigenvalue weighted by atomic mass is 9.71. The van der Waals surface area contributed by atoms with Crippen molar-refractivity contribution in [2.45, 2.75) is 142 Å². The normalized spacial score (nSPS) is 23.7. The number of para-hydroxylation sites is 1. The second-order valence-corrected chi connectivity index (χ2v) is 31.9. The number of amides is 1. The highest BCUT2D eigenvalue weighted by atomic mass is 35.5. The number of pyridine rings is 2. The van der Waals surface area contributed by atoms with Gasteiger partial charge in [0.2, 0.25) is 10.8 Å². The van der Waals surface area contributed by atoms with E-state index in [0.717, 1.165) is 14.9 Å². The summed E-state index contributed by atoms with van der Waals surface area (Å²) in [5.41, 5.74) is 0.624. The predicted molar refractivity (Wildman–Crippen MR) is 401 cm³/mol. The molecule has 14 rings (SSSR count). The zero-order chi connectivity index (χ0) is 80.9. The number of nitrogens with two attached hydrogens (primary N) is 1. The first-order valence-corrected chi connectivity index (χ1v) is 39.9. The summed E-state index contributed by atoms with van der Waals surface area (Å²) < 4.78 is 39.4. The Morgan fingerprint density at radius 2 is 1.19 bits per heavy atom. The third-order valence-corrected chi connectivity index (χ3v) is 24.3. The molecule has 5 aromatic carbocycles. The number of benzene rings is 5.